The number of nitrogens with one attached hydrogen (secondary N) is 1. The summed E-state index contributed by atoms with van der Waals surface area (Å²) < 4.78 is 12.1. The molecule has 1 aliphatic heterocycles. The Morgan fingerprint density at radius 2 is 1.84 bits per heavy atom. The second-order valence-electron chi connectivity index (χ2n) is 11.1. The second kappa shape index (κ2) is 10.8. The third-order valence-electron chi connectivity index (χ3n) is 9.10. The number of fused-ring (bicyclic) bond motifs is 1. The van der Waals surface area contributed by atoms with Gasteiger partial charge in [0, 0.05) is 28.7 Å². The average Bonchev–Trinajstić information content (AvgIpc) is 3.57. The number of aliphatic carboxylic acids is 2. The van der Waals surface area contributed by atoms with Crippen molar-refractivity contribution in [1.29, 1.82) is 0 Å². The lowest BCUT2D eigenvalue weighted by atomic mass is 9.60. The molecule has 3 atom stereocenters. The van der Waals surface area contributed by atoms with Crippen molar-refractivity contribution in [1.82, 2.24) is 5.32 Å². The Bertz CT molecular complexity index is 1210. The predicted octanol–water partition coefficient (Wildman–Crippen LogP) is 5.64. The first-order valence-electron chi connectivity index (χ1n) is 13.7. The maximum absolute atomic E-state index is 12.5. The highest BCUT2D eigenvalue weighted by Crippen LogP contribution is 2.59. The van der Waals surface area contributed by atoms with Gasteiger partial charge in [-0.25, -0.2) is 0 Å². The SMILES string of the molecule is CCc1cccc(Cl)c1COc1ccc2c(c1)OCC(NC1CCC(C(=O)O)(C3(C(=O)O)CCCC3)C1)C2. The molecule has 2 aromatic rings. The van der Waals surface area contributed by atoms with Crippen LogP contribution in [0.5, 0.6) is 11.5 Å². The molecule has 2 saturated carbocycles. The van der Waals surface area contributed by atoms with Crippen molar-refractivity contribution in [3.8, 4) is 11.5 Å². The third-order valence-corrected chi connectivity index (χ3v) is 9.46. The Hall–Kier alpha value is -2.77. The smallest absolute Gasteiger partial charge is 0.310 e. The number of benzene rings is 2. The summed E-state index contributed by atoms with van der Waals surface area (Å²) >= 11 is 6.40. The molecule has 1 heterocycles. The molecular weight excluding hydrogens is 506 g/mol. The number of carboxylic acid groups (broad SMARTS) is 2. The third kappa shape index (κ3) is 4.75. The number of ether oxygens (including phenoxy) is 2. The molecule has 0 spiro atoms. The van der Waals surface area contributed by atoms with E-state index in [1.165, 1.54) is 5.56 Å². The van der Waals surface area contributed by atoms with Crippen LogP contribution in [-0.2, 0) is 29.0 Å². The highest BCUT2D eigenvalue weighted by Gasteiger charge is 2.64. The fourth-order valence-corrected chi connectivity index (χ4v) is 7.28. The molecule has 38 heavy (non-hydrogen) atoms. The molecule has 8 heteroatoms. The van der Waals surface area contributed by atoms with Gasteiger partial charge in [-0.1, -0.05) is 49.6 Å². The van der Waals surface area contributed by atoms with E-state index in [0.717, 1.165) is 48.3 Å². The summed E-state index contributed by atoms with van der Waals surface area (Å²) in [5.41, 5.74) is 0.848. The van der Waals surface area contributed by atoms with Crippen LogP contribution < -0.4 is 14.8 Å². The minimum atomic E-state index is -1.22. The number of rotatable bonds is 9. The molecule has 2 aromatic carbocycles. The first-order chi connectivity index (χ1) is 18.3. The summed E-state index contributed by atoms with van der Waals surface area (Å²) in [5, 5.41) is 24.6. The van der Waals surface area contributed by atoms with Crippen molar-refractivity contribution in [3.63, 3.8) is 0 Å². The quantitative estimate of drug-likeness (QED) is 0.377. The lowest BCUT2D eigenvalue weighted by Crippen LogP contribution is -2.51. The van der Waals surface area contributed by atoms with Crippen molar-refractivity contribution in [2.45, 2.75) is 83.4 Å². The minimum absolute atomic E-state index is 0.0310. The zero-order chi connectivity index (χ0) is 26.9. The monoisotopic (exact) mass is 541 g/mol. The molecule has 7 nitrogen and oxygen atoms in total. The van der Waals surface area contributed by atoms with Crippen LogP contribution in [0.1, 0.15) is 68.6 Å². The van der Waals surface area contributed by atoms with Gasteiger partial charge in [-0.2, -0.15) is 0 Å². The van der Waals surface area contributed by atoms with E-state index >= 15 is 0 Å². The average molecular weight is 542 g/mol. The predicted molar refractivity (Wildman–Crippen MR) is 144 cm³/mol. The van der Waals surface area contributed by atoms with E-state index < -0.39 is 22.8 Å². The fourth-order valence-electron chi connectivity index (χ4n) is 7.03. The molecule has 0 aromatic heterocycles. The largest absolute Gasteiger partial charge is 0.492 e. The summed E-state index contributed by atoms with van der Waals surface area (Å²) in [7, 11) is 0. The molecule has 0 radical (unpaired) electrons. The number of hydrogen-bond acceptors (Lipinski definition) is 5. The van der Waals surface area contributed by atoms with Gasteiger partial charge in [-0.05, 0) is 68.2 Å². The molecule has 0 amide bonds. The van der Waals surface area contributed by atoms with Gasteiger partial charge in [-0.15, -0.1) is 0 Å². The first-order valence-corrected chi connectivity index (χ1v) is 14.0. The van der Waals surface area contributed by atoms with Crippen molar-refractivity contribution < 1.29 is 29.3 Å². The number of halogens is 1. The highest BCUT2D eigenvalue weighted by atomic mass is 35.5. The van der Waals surface area contributed by atoms with Gasteiger partial charge < -0.3 is 25.0 Å². The van der Waals surface area contributed by atoms with E-state index in [1.807, 2.05) is 30.3 Å². The molecule has 3 aliphatic rings. The molecule has 3 unspecified atom stereocenters. The van der Waals surface area contributed by atoms with E-state index in [9.17, 15) is 19.8 Å². The summed E-state index contributed by atoms with van der Waals surface area (Å²) in [6, 6.07) is 11.7. The van der Waals surface area contributed by atoms with Crippen LogP contribution in [0.25, 0.3) is 0 Å². The van der Waals surface area contributed by atoms with Gasteiger partial charge in [0.1, 0.15) is 24.7 Å². The summed E-state index contributed by atoms with van der Waals surface area (Å²) in [6.45, 7) is 2.94. The molecule has 3 N–H and O–H groups in total. The zero-order valence-electron chi connectivity index (χ0n) is 21.8. The van der Waals surface area contributed by atoms with E-state index in [1.54, 1.807) is 0 Å². The maximum Gasteiger partial charge on any atom is 0.310 e. The van der Waals surface area contributed by atoms with Crippen LogP contribution in [0.15, 0.2) is 36.4 Å². The lowest BCUT2D eigenvalue weighted by Gasteiger charge is -2.40. The van der Waals surface area contributed by atoms with Gasteiger partial charge in [-0.3, -0.25) is 9.59 Å². The first kappa shape index (κ1) is 26.8. The van der Waals surface area contributed by atoms with E-state index in [2.05, 4.69) is 18.3 Å². The van der Waals surface area contributed by atoms with Crippen molar-refractivity contribution in [3.05, 3.63) is 58.1 Å². The fraction of sp³-hybridized carbons (Fsp3) is 0.533. The van der Waals surface area contributed by atoms with Gasteiger partial charge in [0.05, 0.1) is 10.8 Å². The summed E-state index contributed by atoms with van der Waals surface area (Å²) in [6.07, 6.45) is 5.46. The molecule has 0 bridgehead atoms. The number of carboxylic acids is 2. The molecule has 5 rings (SSSR count). The lowest BCUT2D eigenvalue weighted by molar-refractivity contribution is -0.174. The van der Waals surface area contributed by atoms with Crippen LogP contribution in [0, 0.1) is 10.8 Å². The van der Waals surface area contributed by atoms with Crippen LogP contribution in [0.4, 0.5) is 0 Å². The normalized spacial score (nSPS) is 25.9. The molecule has 204 valence electrons. The van der Waals surface area contributed by atoms with Crippen LogP contribution in [0.3, 0.4) is 0 Å². The van der Waals surface area contributed by atoms with E-state index in [0.29, 0.717) is 50.3 Å². The van der Waals surface area contributed by atoms with Crippen LogP contribution >= 0.6 is 11.6 Å². The van der Waals surface area contributed by atoms with Gasteiger partial charge >= 0.3 is 11.9 Å². The summed E-state index contributed by atoms with van der Waals surface area (Å²) in [4.78, 5) is 24.9. The van der Waals surface area contributed by atoms with Gasteiger partial charge in [0.2, 0.25) is 0 Å². The molecule has 2 aliphatic carbocycles. The Labute approximate surface area is 228 Å². The second-order valence-corrected chi connectivity index (χ2v) is 11.5. The Balaban J connectivity index is 1.22. The van der Waals surface area contributed by atoms with Crippen LogP contribution in [-0.4, -0.2) is 40.8 Å². The Morgan fingerprint density at radius 1 is 1.08 bits per heavy atom. The highest BCUT2D eigenvalue weighted by molar-refractivity contribution is 6.31. The van der Waals surface area contributed by atoms with Gasteiger partial charge in [0.15, 0.2) is 0 Å². The number of hydrogen-bond donors (Lipinski definition) is 3. The topological polar surface area (TPSA) is 105 Å². The maximum atomic E-state index is 12.5. The van der Waals surface area contributed by atoms with Crippen molar-refractivity contribution in [2.75, 3.05) is 6.61 Å². The van der Waals surface area contributed by atoms with Crippen molar-refractivity contribution >= 4 is 23.5 Å². The molecular formula is C30H36ClNO6. The Morgan fingerprint density at radius 3 is 2.55 bits per heavy atom. The number of carbonyl (C=O) groups is 2. The van der Waals surface area contributed by atoms with E-state index in [4.69, 9.17) is 21.1 Å². The van der Waals surface area contributed by atoms with Crippen LogP contribution in [0.2, 0.25) is 5.02 Å². The minimum Gasteiger partial charge on any atom is -0.492 e. The summed E-state index contributed by atoms with van der Waals surface area (Å²) in [5.74, 6) is -0.412. The van der Waals surface area contributed by atoms with Gasteiger partial charge in [0.25, 0.3) is 0 Å². The Kier molecular flexibility index (Phi) is 7.60. The molecule has 0 saturated heterocycles. The van der Waals surface area contributed by atoms with Crippen molar-refractivity contribution in [2.24, 2.45) is 10.8 Å². The van der Waals surface area contributed by atoms with E-state index in [-0.39, 0.29) is 12.1 Å². The standard InChI is InChI=1S/C30H36ClNO6/c1-2-19-6-5-7-25(31)24(19)18-37-23-9-8-20-14-22(17-38-26(20)15-23)32-21-10-13-30(16-21,28(35)36)29(27(33)34)11-3-4-12-29/h5-9,15,21-22,32H,2-4,10-14,16-18H2,1H3,(H,33,34)(H,35,36). The number of aryl methyl sites for hydroxylation is 1. The zero-order valence-corrected chi connectivity index (χ0v) is 22.6. The molecule has 2 fully saturated rings.